The zero-order valence-corrected chi connectivity index (χ0v) is 14.2. The van der Waals surface area contributed by atoms with Gasteiger partial charge in [-0.15, -0.1) is 11.3 Å². The van der Waals surface area contributed by atoms with Gasteiger partial charge in [-0.25, -0.2) is 4.98 Å². The minimum atomic E-state index is 0.639. The first-order chi connectivity index (χ1) is 11.2. The highest BCUT2D eigenvalue weighted by atomic mass is 35.5. The van der Waals surface area contributed by atoms with Gasteiger partial charge in [0, 0.05) is 16.0 Å². The highest BCUT2D eigenvalue weighted by molar-refractivity contribution is 7.14. The Morgan fingerprint density at radius 3 is 2.52 bits per heavy atom. The first-order valence-electron chi connectivity index (χ1n) is 6.90. The second-order valence-electron chi connectivity index (χ2n) is 4.74. The second kappa shape index (κ2) is 6.89. The Bertz CT molecular complexity index is 803. The average molecular weight is 347 g/mol. The molecule has 0 aliphatic rings. The van der Waals surface area contributed by atoms with E-state index in [2.05, 4.69) is 10.3 Å². The molecule has 1 aromatic heterocycles. The lowest BCUT2D eigenvalue weighted by Gasteiger charge is -2.09. The lowest BCUT2D eigenvalue weighted by atomic mass is 10.2. The van der Waals surface area contributed by atoms with Crippen LogP contribution in [-0.2, 0) is 0 Å². The number of anilines is 2. The van der Waals surface area contributed by atoms with Crippen LogP contribution in [0.15, 0.2) is 47.8 Å². The van der Waals surface area contributed by atoms with E-state index in [9.17, 15) is 0 Å². The molecular formula is C17H15ClN2O2S. The molecule has 0 radical (unpaired) electrons. The lowest BCUT2D eigenvalue weighted by Crippen LogP contribution is -1.94. The Morgan fingerprint density at radius 2 is 1.83 bits per heavy atom. The Hall–Kier alpha value is -2.24. The van der Waals surface area contributed by atoms with E-state index in [-0.39, 0.29) is 0 Å². The van der Waals surface area contributed by atoms with Gasteiger partial charge >= 0.3 is 0 Å². The molecule has 3 aromatic rings. The van der Waals surface area contributed by atoms with E-state index in [4.69, 9.17) is 21.1 Å². The minimum absolute atomic E-state index is 0.639. The van der Waals surface area contributed by atoms with Gasteiger partial charge in [-0.3, -0.25) is 0 Å². The molecule has 0 spiro atoms. The number of ether oxygens (including phenoxy) is 2. The molecule has 0 fully saturated rings. The van der Waals surface area contributed by atoms with E-state index in [0.29, 0.717) is 5.02 Å². The van der Waals surface area contributed by atoms with Gasteiger partial charge in [-0.05, 0) is 42.5 Å². The summed E-state index contributed by atoms with van der Waals surface area (Å²) < 4.78 is 10.5. The van der Waals surface area contributed by atoms with Crippen LogP contribution in [0.2, 0.25) is 5.02 Å². The molecule has 0 saturated carbocycles. The van der Waals surface area contributed by atoms with Crippen LogP contribution in [0.25, 0.3) is 11.3 Å². The molecule has 3 rings (SSSR count). The molecule has 0 saturated heterocycles. The molecular weight excluding hydrogens is 332 g/mol. The monoisotopic (exact) mass is 346 g/mol. The Balaban J connectivity index is 1.83. The summed E-state index contributed by atoms with van der Waals surface area (Å²) in [5.74, 6) is 1.54. The van der Waals surface area contributed by atoms with Gasteiger partial charge in [0.15, 0.2) is 5.13 Å². The van der Waals surface area contributed by atoms with Gasteiger partial charge in [-0.1, -0.05) is 11.6 Å². The fraction of sp³-hybridized carbons (Fsp3) is 0.118. The van der Waals surface area contributed by atoms with E-state index < -0.39 is 0 Å². The summed E-state index contributed by atoms with van der Waals surface area (Å²) >= 11 is 7.57. The number of aromatic nitrogens is 1. The number of benzene rings is 2. The zero-order chi connectivity index (χ0) is 16.2. The van der Waals surface area contributed by atoms with Crippen LogP contribution in [0.4, 0.5) is 10.8 Å². The first kappa shape index (κ1) is 15.6. The number of methoxy groups -OCH3 is 2. The van der Waals surface area contributed by atoms with Gasteiger partial charge < -0.3 is 14.8 Å². The fourth-order valence-corrected chi connectivity index (χ4v) is 3.02. The van der Waals surface area contributed by atoms with E-state index in [1.165, 1.54) is 11.3 Å². The van der Waals surface area contributed by atoms with Crippen molar-refractivity contribution in [2.24, 2.45) is 0 Å². The lowest BCUT2D eigenvalue weighted by molar-refractivity contribution is 0.415. The highest BCUT2D eigenvalue weighted by Gasteiger charge is 2.09. The van der Waals surface area contributed by atoms with Gasteiger partial charge in [-0.2, -0.15) is 0 Å². The van der Waals surface area contributed by atoms with Crippen molar-refractivity contribution >= 4 is 33.8 Å². The topological polar surface area (TPSA) is 43.4 Å². The quantitative estimate of drug-likeness (QED) is 0.687. The van der Waals surface area contributed by atoms with E-state index in [1.807, 2.05) is 41.8 Å². The standard InChI is InChI=1S/C17H15ClN2O2S/c1-21-13-6-3-11(4-7-13)15-10-23-17(20-15)19-14-9-12(18)5-8-16(14)22-2/h3-10H,1-2H3,(H,19,20). The van der Waals surface area contributed by atoms with Crippen LogP contribution in [0.1, 0.15) is 0 Å². The van der Waals surface area contributed by atoms with Crippen molar-refractivity contribution in [3.8, 4) is 22.8 Å². The third kappa shape index (κ3) is 3.57. The molecule has 23 heavy (non-hydrogen) atoms. The molecule has 0 bridgehead atoms. The molecule has 2 aromatic carbocycles. The Labute approximate surface area is 143 Å². The van der Waals surface area contributed by atoms with Crippen molar-refractivity contribution < 1.29 is 9.47 Å². The summed E-state index contributed by atoms with van der Waals surface area (Å²) in [7, 11) is 3.28. The Morgan fingerprint density at radius 1 is 1.04 bits per heavy atom. The SMILES string of the molecule is COc1ccc(-c2csc(Nc3cc(Cl)ccc3OC)n2)cc1. The molecule has 0 atom stereocenters. The number of nitrogens with one attached hydrogen (secondary N) is 1. The third-order valence-electron chi connectivity index (χ3n) is 3.29. The summed E-state index contributed by atoms with van der Waals surface area (Å²) in [6.45, 7) is 0. The van der Waals surface area contributed by atoms with Gasteiger partial charge in [0.2, 0.25) is 0 Å². The molecule has 118 valence electrons. The normalized spacial score (nSPS) is 10.4. The molecule has 0 unspecified atom stereocenters. The van der Waals surface area contributed by atoms with Crippen molar-refractivity contribution in [3.63, 3.8) is 0 Å². The molecule has 6 heteroatoms. The smallest absolute Gasteiger partial charge is 0.187 e. The largest absolute Gasteiger partial charge is 0.497 e. The molecule has 0 aliphatic heterocycles. The van der Waals surface area contributed by atoms with Crippen LogP contribution in [-0.4, -0.2) is 19.2 Å². The maximum atomic E-state index is 6.05. The molecule has 4 nitrogen and oxygen atoms in total. The van der Waals surface area contributed by atoms with Gasteiger partial charge in [0.05, 0.1) is 25.6 Å². The minimum Gasteiger partial charge on any atom is -0.497 e. The molecule has 0 aliphatic carbocycles. The third-order valence-corrected chi connectivity index (χ3v) is 4.29. The number of rotatable bonds is 5. The summed E-state index contributed by atoms with van der Waals surface area (Å²) in [5, 5.41) is 6.66. The predicted molar refractivity (Wildman–Crippen MR) is 95.4 cm³/mol. The van der Waals surface area contributed by atoms with Crippen molar-refractivity contribution in [1.29, 1.82) is 0 Å². The molecule has 0 amide bonds. The fourth-order valence-electron chi connectivity index (χ4n) is 2.12. The van der Waals surface area contributed by atoms with Crippen molar-refractivity contribution in [2.75, 3.05) is 19.5 Å². The Kier molecular flexibility index (Phi) is 4.69. The number of thiazole rings is 1. The van der Waals surface area contributed by atoms with E-state index in [0.717, 1.165) is 33.6 Å². The second-order valence-corrected chi connectivity index (χ2v) is 6.03. The first-order valence-corrected chi connectivity index (χ1v) is 8.16. The number of nitrogens with zero attached hydrogens (tertiary/aromatic N) is 1. The number of halogens is 1. The van der Waals surface area contributed by atoms with E-state index >= 15 is 0 Å². The summed E-state index contributed by atoms with van der Waals surface area (Å²) in [5.41, 5.74) is 2.73. The number of hydrogen-bond donors (Lipinski definition) is 1. The molecule has 1 heterocycles. The van der Waals surface area contributed by atoms with Crippen LogP contribution in [0, 0.1) is 0 Å². The van der Waals surface area contributed by atoms with Crippen molar-refractivity contribution in [3.05, 3.63) is 52.9 Å². The molecule has 1 N–H and O–H groups in total. The zero-order valence-electron chi connectivity index (χ0n) is 12.7. The maximum absolute atomic E-state index is 6.05. The predicted octanol–water partition coefficient (Wildman–Crippen LogP) is 5.22. The van der Waals surface area contributed by atoms with Gasteiger partial charge in [0.1, 0.15) is 11.5 Å². The highest BCUT2D eigenvalue weighted by Crippen LogP contribution is 2.33. The average Bonchev–Trinajstić information content (AvgIpc) is 3.04. The van der Waals surface area contributed by atoms with Gasteiger partial charge in [0.25, 0.3) is 0 Å². The number of hydrogen-bond acceptors (Lipinski definition) is 5. The van der Waals surface area contributed by atoms with Crippen molar-refractivity contribution in [2.45, 2.75) is 0 Å². The van der Waals surface area contributed by atoms with Crippen LogP contribution in [0.3, 0.4) is 0 Å². The van der Waals surface area contributed by atoms with Crippen LogP contribution < -0.4 is 14.8 Å². The van der Waals surface area contributed by atoms with Crippen LogP contribution in [0.5, 0.6) is 11.5 Å². The summed E-state index contributed by atoms with van der Waals surface area (Å²) in [4.78, 5) is 4.60. The van der Waals surface area contributed by atoms with Crippen LogP contribution >= 0.6 is 22.9 Å². The van der Waals surface area contributed by atoms with Crippen molar-refractivity contribution in [1.82, 2.24) is 4.98 Å². The summed E-state index contributed by atoms with van der Waals surface area (Å²) in [6.07, 6.45) is 0. The maximum Gasteiger partial charge on any atom is 0.187 e. The summed E-state index contributed by atoms with van der Waals surface area (Å²) in [6, 6.07) is 13.2. The van der Waals surface area contributed by atoms with E-state index in [1.54, 1.807) is 20.3 Å².